The first-order valence-electron chi connectivity index (χ1n) is 9.57. The van der Waals surface area contributed by atoms with E-state index in [-0.39, 0.29) is 5.91 Å². The minimum atomic E-state index is -0.272. The van der Waals surface area contributed by atoms with Gasteiger partial charge in [0.1, 0.15) is 10.6 Å². The molecule has 1 amide bonds. The van der Waals surface area contributed by atoms with Crippen LogP contribution in [0.4, 0.5) is 0 Å². The van der Waals surface area contributed by atoms with Crippen molar-refractivity contribution >= 4 is 56.3 Å². The highest BCUT2D eigenvalue weighted by molar-refractivity contribution is 7.80. The number of methoxy groups -OCH3 is 1. The van der Waals surface area contributed by atoms with Gasteiger partial charge in [-0.1, -0.05) is 32.4 Å². The van der Waals surface area contributed by atoms with Crippen molar-refractivity contribution in [1.82, 2.24) is 10.6 Å². The monoisotopic (exact) mass is 438 g/mol. The third-order valence-electron chi connectivity index (χ3n) is 5.56. The Balaban J connectivity index is 1.60. The first-order chi connectivity index (χ1) is 13.2. The second-order valence-electron chi connectivity index (χ2n) is 8.45. The lowest BCUT2D eigenvalue weighted by Crippen LogP contribution is -2.46. The summed E-state index contributed by atoms with van der Waals surface area (Å²) in [6.45, 7) is 6.92. The summed E-state index contributed by atoms with van der Waals surface area (Å²) >= 11 is 13.1. The molecule has 0 bridgehead atoms. The molecule has 7 heteroatoms. The molecule has 1 aromatic carbocycles. The molecule has 0 aliphatic heterocycles. The van der Waals surface area contributed by atoms with E-state index in [0.717, 1.165) is 34.6 Å². The predicted molar refractivity (Wildman–Crippen MR) is 122 cm³/mol. The second kappa shape index (κ2) is 8.56. The number of thiocarbonyl (C=S) groups is 1. The van der Waals surface area contributed by atoms with Crippen LogP contribution in [0.5, 0.6) is 5.75 Å². The van der Waals surface area contributed by atoms with E-state index in [0.29, 0.717) is 26.5 Å². The fraction of sp³-hybridized carbons (Fsp3) is 0.524. The average Bonchev–Trinajstić information content (AvgIpc) is 2.97. The minimum Gasteiger partial charge on any atom is -0.497 e. The van der Waals surface area contributed by atoms with Crippen LogP contribution in [0.1, 0.15) is 56.1 Å². The zero-order valence-electron chi connectivity index (χ0n) is 16.7. The summed E-state index contributed by atoms with van der Waals surface area (Å²) in [5.74, 6) is 1.20. The average molecular weight is 439 g/mol. The molecule has 1 aromatic heterocycles. The van der Waals surface area contributed by atoms with Crippen LogP contribution in [0.2, 0.25) is 5.02 Å². The van der Waals surface area contributed by atoms with Crippen LogP contribution in [0.25, 0.3) is 10.1 Å². The van der Waals surface area contributed by atoms with Crippen molar-refractivity contribution in [2.45, 2.75) is 52.5 Å². The number of nitrogens with one attached hydrogen (secondary N) is 2. The van der Waals surface area contributed by atoms with Gasteiger partial charge in [0.15, 0.2) is 5.11 Å². The van der Waals surface area contributed by atoms with Crippen LogP contribution in [0.3, 0.4) is 0 Å². The van der Waals surface area contributed by atoms with Crippen LogP contribution < -0.4 is 15.4 Å². The molecule has 1 heterocycles. The topological polar surface area (TPSA) is 50.4 Å². The van der Waals surface area contributed by atoms with Crippen molar-refractivity contribution in [3.63, 3.8) is 0 Å². The largest absolute Gasteiger partial charge is 0.497 e. The number of amides is 1. The molecule has 2 aromatic rings. The molecule has 0 radical (unpaired) electrons. The first-order valence-corrected chi connectivity index (χ1v) is 11.2. The van der Waals surface area contributed by atoms with Gasteiger partial charge in [-0.05, 0) is 67.4 Å². The van der Waals surface area contributed by atoms with Crippen LogP contribution in [-0.4, -0.2) is 24.2 Å². The quantitative estimate of drug-likeness (QED) is 0.597. The molecule has 0 atom stereocenters. The molecule has 0 saturated heterocycles. The molecule has 0 spiro atoms. The van der Waals surface area contributed by atoms with E-state index in [1.165, 1.54) is 24.2 Å². The Bertz CT molecular complexity index is 880. The first kappa shape index (κ1) is 21.3. The Kier molecular flexibility index (Phi) is 6.52. The van der Waals surface area contributed by atoms with Gasteiger partial charge in [0.2, 0.25) is 0 Å². The summed E-state index contributed by atoms with van der Waals surface area (Å²) in [5, 5.41) is 7.76. The van der Waals surface area contributed by atoms with Crippen LogP contribution in [-0.2, 0) is 0 Å². The van der Waals surface area contributed by atoms with Gasteiger partial charge in [-0.2, -0.15) is 0 Å². The van der Waals surface area contributed by atoms with Crippen molar-refractivity contribution in [1.29, 1.82) is 0 Å². The molecule has 4 nitrogen and oxygen atoms in total. The third kappa shape index (κ3) is 4.78. The number of fused-ring (bicyclic) bond motifs is 1. The van der Waals surface area contributed by atoms with Crippen molar-refractivity contribution < 1.29 is 9.53 Å². The number of carbonyl (C=O) groups excluding carboxylic acids is 1. The fourth-order valence-electron chi connectivity index (χ4n) is 3.80. The summed E-state index contributed by atoms with van der Waals surface area (Å²) in [4.78, 5) is 13.1. The summed E-state index contributed by atoms with van der Waals surface area (Å²) in [6.07, 6.45) is 4.51. The Morgan fingerprint density at radius 2 is 1.93 bits per heavy atom. The normalized spacial score (nSPS) is 20.0. The standard InChI is InChI=1S/C21H27ClN2O2S2/c1-21(2,3)12-5-7-13(8-6-12)23-20(27)24-19(25)18-17(22)15-10-9-14(26-4)11-16(15)28-18/h9-13H,5-8H2,1-4H3,(H2,23,24,25,27). The zero-order valence-corrected chi connectivity index (χ0v) is 19.1. The predicted octanol–water partition coefficient (Wildman–Crippen LogP) is 5.77. The number of carbonyl (C=O) groups is 1. The van der Waals surface area contributed by atoms with E-state index < -0.39 is 0 Å². The maximum absolute atomic E-state index is 12.7. The van der Waals surface area contributed by atoms with Gasteiger partial charge >= 0.3 is 0 Å². The maximum Gasteiger partial charge on any atom is 0.269 e. The van der Waals surface area contributed by atoms with E-state index in [9.17, 15) is 4.79 Å². The van der Waals surface area contributed by atoms with Gasteiger partial charge in [0.05, 0.1) is 12.1 Å². The highest BCUT2D eigenvalue weighted by atomic mass is 35.5. The Morgan fingerprint density at radius 1 is 1.25 bits per heavy atom. The number of halogens is 1. The van der Waals surface area contributed by atoms with Crippen molar-refractivity contribution in [3.05, 3.63) is 28.1 Å². The van der Waals surface area contributed by atoms with Gasteiger partial charge in [-0.15, -0.1) is 11.3 Å². The number of benzene rings is 1. The lowest BCUT2D eigenvalue weighted by molar-refractivity contribution is 0.0980. The Morgan fingerprint density at radius 3 is 2.54 bits per heavy atom. The number of hydrogen-bond donors (Lipinski definition) is 2. The number of hydrogen-bond acceptors (Lipinski definition) is 4. The molecule has 1 saturated carbocycles. The summed E-state index contributed by atoms with van der Waals surface area (Å²) in [6, 6.07) is 5.90. The third-order valence-corrected chi connectivity index (χ3v) is 7.43. The number of ether oxygens (including phenoxy) is 1. The molecule has 1 fully saturated rings. The van der Waals surface area contributed by atoms with E-state index in [1.54, 1.807) is 7.11 Å². The van der Waals surface area contributed by atoms with Crippen molar-refractivity contribution in [3.8, 4) is 5.75 Å². The SMILES string of the molecule is COc1ccc2c(Cl)c(C(=O)NC(=S)NC3CCC(C(C)(C)C)CC3)sc2c1. The Hall–Kier alpha value is -1.37. The smallest absolute Gasteiger partial charge is 0.269 e. The maximum atomic E-state index is 12.7. The van der Waals surface area contributed by atoms with Crippen molar-refractivity contribution in [2.24, 2.45) is 11.3 Å². The van der Waals surface area contributed by atoms with E-state index in [2.05, 4.69) is 31.4 Å². The van der Waals surface area contributed by atoms with Gasteiger partial charge in [0.25, 0.3) is 5.91 Å². The fourth-order valence-corrected chi connectivity index (χ4v) is 5.50. The molecule has 1 aliphatic rings. The summed E-state index contributed by atoms with van der Waals surface area (Å²) < 4.78 is 6.15. The van der Waals surface area contributed by atoms with Crippen LogP contribution >= 0.6 is 35.2 Å². The van der Waals surface area contributed by atoms with Gasteiger partial charge < -0.3 is 10.1 Å². The van der Waals surface area contributed by atoms with Crippen LogP contribution in [0.15, 0.2) is 18.2 Å². The lowest BCUT2D eigenvalue weighted by atomic mass is 9.71. The molecule has 1 aliphatic carbocycles. The zero-order chi connectivity index (χ0) is 20.5. The van der Waals surface area contributed by atoms with Gasteiger partial charge in [0, 0.05) is 16.1 Å². The Labute approximate surface area is 181 Å². The molecule has 0 unspecified atom stereocenters. The second-order valence-corrected chi connectivity index (χ2v) is 10.3. The lowest BCUT2D eigenvalue weighted by Gasteiger charge is -2.37. The van der Waals surface area contributed by atoms with Crippen LogP contribution in [0, 0.1) is 11.3 Å². The number of thiophene rings is 1. The molecule has 152 valence electrons. The molecular formula is C21H27ClN2O2S2. The van der Waals surface area contributed by atoms with E-state index >= 15 is 0 Å². The highest BCUT2D eigenvalue weighted by Gasteiger charge is 2.30. The van der Waals surface area contributed by atoms with Gasteiger partial charge in [-0.25, -0.2) is 0 Å². The summed E-state index contributed by atoms with van der Waals surface area (Å²) in [7, 11) is 1.61. The molecule has 3 rings (SSSR count). The molecule has 28 heavy (non-hydrogen) atoms. The van der Waals surface area contributed by atoms with Crippen molar-refractivity contribution in [2.75, 3.05) is 7.11 Å². The number of rotatable bonds is 3. The minimum absolute atomic E-state index is 0.272. The molecular weight excluding hydrogens is 412 g/mol. The van der Waals surface area contributed by atoms with Gasteiger partial charge in [-0.3, -0.25) is 10.1 Å². The van der Waals surface area contributed by atoms with E-state index in [1.807, 2.05) is 18.2 Å². The summed E-state index contributed by atoms with van der Waals surface area (Å²) in [5.41, 5.74) is 0.348. The van der Waals surface area contributed by atoms with E-state index in [4.69, 9.17) is 28.6 Å². The molecule has 2 N–H and O–H groups in total. The highest BCUT2D eigenvalue weighted by Crippen LogP contribution is 2.38.